The monoisotopic (exact) mass is 466 g/mol. The van der Waals surface area contributed by atoms with Crippen LogP contribution in [0.2, 0.25) is 0 Å². The van der Waals surface area contributed by atoms with Crippen LogP contribution in [0.3, 0.4) is 0 Å². The Morgan fingerprint density at radius 2 is 1.00 bits per heavy atom. The number of rotatable bonds is 0. The molecule has 0 atom stereocenters. The Kier molecular flexibility index (Phi) is 168. The van der Waals surface area contributed by atoms with Crippen molar-refractivity contribution >= 4 is 114 Å². The van der Waals surface area contributed by atoms with E-state index in [2.05, 4.69) is 0 Å². The molecule has 0 aromatic rings. The van der Waals surface area contributed by atoms with Gasteiger partial charge in [0.1, 0.15) is 0 Å². The van der Waals surface area contributed by atoms with Crippen molar-refractivity contribution in [3.05, 3.63) is 0 Å². The molecule has 0 fully saturated rings. The molecule has 0 bridgehead atoms. The molecule has 0 saturated carbocycles. The summed E-state index contributed by atoms with van der Waals surface area (Å²) in [6.45, 7) is 0. The number of hydrogen-bond donors (Lipinski definition) is 0. The van der Waals surface area contributed by atoms with Crippen molar-refractivity contribution in [3.63, 3.8) is 0 Å². The van der Waals surface area contributed by atoms with Gasteiger partial charge in [0.15, 0.2) is 0 Å². The van der Waals surface area contributed by atoms with Crippen LogP contribution in [0.15, 0.2) is 0 Å². The van der Waals surface area contributed by atoms with Crippen molar-refractivity contribution < 1.29 is 22.5 Å². The molecule has 28 valence electrons. The second-order valence-corrected chi connectivity index (χ2v) is 0. The van der Waals surface area contributed by atoms with Crippen molar-refractivity contribution in [1.82, 2.24) is 0 Å². The van der Waals surface area contributed by atoms with Crippen molar-refractivity contribution in [2.24, 2.45) is 0 Å². The quantitative estimate of drug-likeness (QED) is 0.359. The van der Waals surface area contributed by atoms with Crippen LogP contribution < -0.4 is 0 Å². The summed E-state index contributed by atoms with van der Waals surface area (Å²) in [4.78, 5) is 0. The van der Waals surface area contributed by atoms with Gasteiger partial charge in [-0.3, -0.25) is 0 Å². The van der Waals surface area contributed by atoms with Gasteiger partial charge in [0.05, 0.1) is 0 Å². The fourth-order valence-electron chi connectivity index (χ4n) is 0. The van der Waals surface area contributed by atoms with Crippen LogP contribution in [0.1, 0.15) is 0 Å². The normalized spacial score (nSPS) is 0. The van der Waals surface area contributed by atoms with Crippen molar-refractivity contribution in [2.45, 2.75) is 0 Å². The van der Waals surface area contributed by atoms with Crippen LogP contribution in [0.4, 0.5) is 0 Å². The Labute approximate surface area is 132 Å². The van der Waals surface area contributed by atoms with Crippen molar-refractivity contribution in [3.8, 4) is 0 Å². The van der Waals surface area contributed by atoms with Gasteiger partial charge < -0.3 is 0 Å². The molecule has 1 nitrogen and oxygen atoms in total. The van der Waals surface area contributed by atoms with Gasteiger partial charge in [-0.05, 0) is 0 Å². The fraction of sp³-hybridized carbons (Fsp3) is 0. The van der Waals surface area contributed by atoms with Crippen LogP contribution in [-0.4, -0.2) is 114 Å². The molecule has 0 unspecified atom stereocenters. The molecule has 0 aliphatic rings. The van der Waals surface area contributed by atoms with E-state index in [9.17, 15) is 0 Å². The molecule has 4 radical (unpaired) electrons. The van der Waals surface area contributed by atoms with Crippen LogP contribution in [0.5, 0.6) is 0 Å². The summed E-state index contributed by atoms with van der Waals surface area (Å²) >= 11 is 0. The molecule has 0 aliphatic carbocycles. The molecule has 0 amide bonds. The third kappa shape index (κ3) is 17.9. The van der Waals surface area contributed by atoms with E-state index >= 15 is 0 Å². The molecule has 0 rings (SSSR count). The van der Waals surface area contributed by atoms with Gasteiger partial charge in [0.2, 0.25) is 0 Å². The molecule has 0 spiro atoms. The summed E-state index contributed by atoms with van der Waals surface area (Å²) in [6, 6.07) is 0. The van der Waals surface area contributed by atoms with E-state index in [0.29, 0.717) is 0 Å². The summed E-state index contributed by atoms with van der Waals surface area (Å²) in [7, 11) is 0. The second kappa shape index (κ2) is 24.0. The average Bonchev–Trinajstić information content (AvgIpc) is 0. The minimum atomic E-state index is 0. The molecule has 5 heteroatoms. The first kappa shape index (κ1) is 34.9. The maximum absolute atomic E-state index is 0. The van der Waals surface area contributed by atoms with Crippen LogP contribution >= 0.6 is 0 Å². The molecule has 0 aliphatic heterocycles. The van der Waals surface area contributed by atoms with Gasteiger partial charge in [-0.25, -0.2) is 0 Å². The molecular formula is H4BaCaCuOTl. The fourth-order valence-corrected chi connectivity index (χ4v) is 0. The van der Waals surface area contributed by atoms with E-state index < -0.39 is 0 Å². The molecule has 5 heavy (non-hydrogen) atoms. The zero-order valence-electron chi connectivity index (χ0n) is 1.29. The van der Waals surface area contributed by atoms with Crippen molar-refractivity contribution in [2.75, 3.05) is 0 Å². The van der Waals surface area contributed by atoms with Crippen molar-refractivity contribution in [1.29, 1.82) is 0 Å². The molecule has 0 aromatic heterocycles. The Morgan fingerprint density at radius 1 is 1.00 bits per heavy atom. The minimum absolute atomic E-state index is 0. The first-order valence-electron chi connectivity index (χ1n) is 0. The Morgan fingerprint density at radius 3 is 1.00 bits per heavy atom. The first-order chi connectivity index (χ1) is 0. The maximum Gasteiger partial charge on any atom is 0 e. The topological polar surface area (TPSA) is 28.5 Å². The first-order valence-corrected chi connectivity index (χ1v) is 0. The third-order valence-corrected chi connectivity index (χ3v) is 0. The number of hydrogen-bond acceptors (Lipinski definition) is 0. The maximum atomic E-state index is 0. The summed E-state index contributed by atoms with van der Waals surface area (Å²) in [5.74, 6) is 0. The zero-order chi connectivity index (χ0) is 0. The van der Waals surface area contributed by atoms with Gasteiger partial charge in [-0.15, -0.1) is 0 Å². The minimum Gasteiger partial charge on any atom is 0 e. The molecule has 0 N–H and O–H groups in total. The molecule has 0 aromatic carbocycles. The van der Waals surface area contributed by atoms with E-state index in [4.69, 9.17) is 0 Å². The van der Waals surface area contributed by atoms with E-state index in [1.165, 1.54) is 0 Å². The van der Waals surface area contributed by atoms with Gasteiger partial charge in [-0.1, -0.05) is 0 Å². The summed E-state index contributed by atoms with van der Waals surface area (Å²) < 4.78 is 0. The SMILES string of the molecule is [BaH2].[CaH2].[Cu].[O].[Tl]. The summed E-state index contributed by atoms with van der Waals surface area (Å²) in [5.41, 5.74) is 0. The van der Waals surface area contributed by atoms with Gasteiger partial charge in [-0.2, -0.15) is 0 Å². The average molecular weight is 465 g/mol. The zero-order valence-corrected chi connectivity index (χ0v) is 6.72. The van der Waals surface area contributed by atoms with Gasteiger partial charge in [0, 0.05) is 49.8 Å². The largest absolute Gasteiger partial charge is 0 e. The van der Waals surface area contributed by atoms with E-state index in [0.717, 1.165) is 0 Å². The van der Waals surface area contributed by atoms with E-state index in [1.807, 2.05) is 0 Å². The standard InChI is InChI=1S/Ba.Ca.Cu.O.Tl.4H. The Bertz CT molecular complexity index is 11.6. The van der Waals surface area contributed by atoms with E-state index in [-0.39, 0.29) is 136 Å². The van der Waals surface area contributed by atoms with Crippen LogP contribution in [-0.2, 0) is 22.5 Å². The smallest absolute Gasteiger partial charge is 0 e. The predicted octanol–water partition coefficient (Wildman–Crippen LogP) is -2.33. The third-order valence-electron chi connectivity index (χ3n) is 0. The van der Waals surface area contributed by atoms with Gasteiger partial charge in [0.25, 0.3) is 0 Å². The van der Waals surface area contributed by atoms with Crippen LogP contribution in [0, 0.1) is 0 Å². The summed E-state index contributed by atoms with van der Waals surface area (Å²) in [5, 5.41) is 0. The second-order valence-electron chi connectivity index (χ2n) is 0. The van der Waals surface area contributed by atoms with E-state index in [1.54, 1.807) is 0 Å². The molecule has 0 saturated heterocycles. The molecule has 0 heterocycles. The Hall–Kier alpha value is 4.23. The Balaban J connectivity index is 0. The molecular weight excluding hydrogens is 461 g/mol. The van der Waals surface area contributed by atoms with Gasteiger partial charge >= 0.3 is 86.6 Å². The van der Waals surface area contributed by atoms with Crippen LogP contribution in [0.25, 0.3) is 0 Å². The predicted molar refractivity (Wildman–Crippen MR) is 23.5 cm³/mol. The summed E-state index contributed by atoms with van der Waals surface area (Å²) in [6.07, 6.45) is 0.